The minimum absolute atomic E-state index is 0.0103. The molecule has 2 aromatic heterocycles. The molecule has 2 fully saturated rings. The summed E-state index contributed by atoms with van der Waals surface area (Å²) < 4.78 is 75.2. The average Bonchev–Trinajstić information content (AvgIpc) is 3.35. The lowest BCUT2D eigenvalue weighted by Gasteiger charge is -2.24. The molecule has 2 aliphatic rings. The summed E-state index contributed by atoms with van der Waals surface area (Å²) in [7, 11) is -3.95. The Morgan fingerprint density at radius 1 is 1.43 bits per heavy atom. The van der Waals surface area contributed by atoms with Gasteiger partial charge in [-0.25, -0.2) is 8.42 Å². The summed E-state index contributed by atoms with van der Waals surface area (Å²) in [6.45, 7) is 2.83. The van der Waals surface area contributed by atoms with E-state index in [0.29, 0.717) is 19.2 Å². The highest BCUT2D eigenvalue weighted by Crippen LogP contribution is 2.42. The lowest BCUT2D eigenvalue weighted by atomic mass is 9.82. The Morgan fingerprint density at radius 2 is 2.18 bits per heavy atom. The van der Waals surface area contributed by atoms with Crippen LogP contribution < -0.4 is 5.32 Å². The average molecular weight is 421 g/mol. The molecule has 2 atom stereocenters. The number of aliphatic hydroxyl groups is 1. The number of fused-ring (bicyclic) bond motifs is 1. The molecule has 2 N–H and O–H groups in total. The fraction of sp³-hybridized carbons (Fsp3) is 0.562. The largest absolute Gasteiger partial charge is 0.458 e. The molecule has 0 radical (unpaired) electrons. The second kappa shape index (κ2) is 6.31. The predicted octanol–water partition coefficient (Wildman–Crippen LogP) is 1.46. The monoisotopic (exact) mass is 421 g/mol. The third kappa shape index (κ3) is 2.95. The summed E-state index contributed by atoms with van der Waals surface area (Å²) in [5, 5.41) is 16.3. The Balaban J connectivity index is 1.64. The van der Waals surface area contributed by atoms with E-state index in [0.717, 1.165) is 6.07 Å². The van der Waals surface area contributed by atoms with Crippen molar-refractivity contribution in [3.63, 3.8) is 0 Å². The molecule has 0 amide bonds. The zero-order chi connectivity index (χ0) is 20.3. The minimum atomic E-state index is -4.71. The molecule has 4 rings (SSSR count). The number of hydrogen-bond donors (Lipinski definition) is 2. The summed E-state index contributed by atoms with van der Waals surface area (Å²) in [6.07, 6.45) is -4.71. The van der Waals surface area contributed by atoms with E-state index in [9.17, 15) is 26.7 Å². The molecule has 28 heavy (non-hydrogen) atoms. The number of rotatable bonds is 4. The van der Waals surface area contributed by atoms with Crippen molar-refractivity contribution in [3.05, 3.63) is 23.7 Å². The fourth-order valence-electron chi connectivity index (χ4n) is 3.89. The van der Waals surface area contributed by atoms with Crippen molar-refractivity contribution in [2.45, 2.75) is 18.0 Å². The standard InChI is InChI=1S/C16H18F3N3O5S/c1-9-13(3-12(26-9)11-2-14(27-21-11)16(17,18)19)28(24,25)22-5-10-4-20-6-15(10,7-22)8-23/h2-3,10,20,23H,4-8H2,1H3. The minimum Gasteiger partial charge on any atom is -0.458 e. The summed E-state index contributed by atoms with van der Waals surface area (Å²) in [5.74, 6) is -1.40. The number of furan rings is 1. The summed E-state index contributed by atoms with van der Waals surface area (Å²) in [4.78, 5) is -0.139. The first-order valence-corrected chi connectivity index (χ1v) is 9.97. The van der Waals surface area contributed by atoms with E-state index in [1.54, 1.807) is 0 Å². The molecule has 0 aromatic carbocycles. The van der Waals surface area contributed by atoms with Crippen LogP contribution in [0.25, 0.3) is 11.5 Å². The molecule has 2 aliphatic heterocycles. The van der Waals surface area contributed by atoms with Crippen LogP contribution in [0.1, 0.15) is 11.5 Å². The van der Waals surface area contributed by atoms with Gasteiger partial charge in [-0.1, -0.05) is 5.16 Å². The molecule has 8 nitrogen and oxygen atoms in total. The zero-order valence-corrected chi connectivity index (χ0v) is 15.6. The third-order valence-corrected chi connectivity index (χ3v) is 7.42. The van der Waals surface area contributed by atoms with Crippen LogP contribution in [0, 0.1) is 18.3 Å². The van der Waals surface area contributed by atoms with Gasteiger partial charge in [-0.05, 0) is 19.4 Å². The van der Waals surface area contributed by atoms with E-state index in [4.69, 9.17) is 4.42 Å². The lowest BCUT2D eigenvalue weighted by molar-refractivity contribution is -0.155. The number of hydrogen-bond acceptors (Lipinski definition) is 7. The van der Waals surface area contributed by atoms with E-state index in [1.165, 1.54) is 11.2 Å². The third-order valence-electron chi connectivity index (χ3n) is 5.50. The number of sulfonamides is 1. The highest BCUT2D eigenvalue weighted by Gasteiger charge is 2.52. The Kier molecular flexibility index (Phi) is 4.38. The maximum absolute atomic E-state index is 13.1. The Labute approximate surface area is 158 Å². The number of nitrogens with one attached hydrogen (secondary N) is 1. The van der Waals surface area contributed by atoms with Gasteiger partial charge in [0.05, 0.1) is 6.61 Å². The molecule has 4 heterocycles. The predicted molar refractivity (Wildman–Crippen MR) is 88.6 cm³/mol. The molecular formula is C16H18F3N3O5S. The molecule has 0 saturated carbocycles. The van der Waals surface area contributed by atoms with Gasteiger partial charge in [-0.3, -0.25) is 0 Å². The normalized spacial score (nSPS) is 26.1. The van der Waals surface area contributed by atoms with Gasteiger partial charge in [0, 0.05) is 37.2 Å². The van der Waals surface area contributed by atoms with Crippen LogP contribution in [0.15, 0.2) is 26.0 Å². The number of halogens is 3. The second-order valence-corrected chi connectivity index (χ2v) is 9.16. The Bertz CT molecular complexity index is 1000. The Hall–Kier alpha value is -1.89. The van der Waals surface area contributed by atoms with Crippen molar-refractivity contribution in [2.75, 3.05) is 32.8 Å². The first-order chi connectivity index (χ1) is 13.1. The van der Waals surface area contributed by atoms with Crippen LogP contribution in [0.2, 0.25) is 0 Å². The van der Waals surface area contributed by atoms with Crippen LogP contribution >= 0.6 is 0 Å². The van der Waals surface area contributed by atoms with Crippen LogP contribution in [-0.2, 0) is 16.2 Å². The van der Waals surface area contributed by atoms with E-state index in [2.05, 4.69) is 15.0 Å². The van der Waals surface area contributed by atoms with Crippen LogP contribution in [0.3, 0.4) is 0 Å². The summed E-state index contributed by atoms with van der Waals surface area (Å²) >= 11 is 0. The molecule has 0 spiro atoms. The van der Waals surface area contributed by atoms with Gasteiger partial charge < -0.3 is 19.4 Å². The molecule has 0 aliphatic carbocycles. The van der Waals surface area contributed by atoms with Crippen molar-refractivity contribution in [1.29, 1.82) is 0 Å². The molecular weight excluding hydrogens is 403 g/mol. The van der Waals surface area contributed by atoms with Crippen molar-refractivity contribution in [2.24, 2.45) is 11.3 Å². The topological polar surface area (TPSA) is 109 Å². The second-order valence-electron chi connectivity index (χ2n) is 7.25. The van der Waals surface area contributed by atoms with Crippen LogP contribution in [0.5, 0.6) is 0 Å². The Morgan fingerprint density at radius 3 is 2.79 bits per heavy atom. The number of aliphatic hydroxyl groups excluding tert-OH is 1. The van der Waals surface area contributed by atoms with Crippen molar-refractivity contribution in [3.8, 4) is 11.5 Å². The van der Waals surface area contributed by atoms with Crippen molar-refractivity contribution in [1.82, 2.24) is 14.8 Å². The maximum Gasteiger partial charge on any atom is 0.452 e. The van der Waals surface area contributed by atoms with Gasteiger partial charge in [-0.15, -0.1) is 0 Å². The molecule has 154 valence electrons. The first-order valence-electron chi connectivity index (χ1n) is 8.53. The smallest absolute Gasteiger partial charge is 0.452 e. The molecule has 0 bridgehead atoms. The van der Waals surface area contributed by atoms with E-state index >= 15 is 0 Å². The van der Waals surface area contributed by atoms with Crippen LogP contribution in [-0.4, -0.2) is 55.8 Å². The lowest BCUT2D eigenvalue weighted by Crippen LogP contribution is -2.37. The van der Waals surface area contributed by atoms with Crippen molar-refractivity contribution >= 4 is 10.0 Å². The molecule has 2 saturated heterocycles. The van der Waals surface area contributed by atoms with Gasteiger partial charge in [0.2, 0.25) is 15.8 Å². The quantitative estimate of drug-likeness (QED) is 0.769. The van der Waals surface area contributed by atoms with Gasteiger partial charge in [0.1, 0.15) is 16.3 Å². The highest BCUT2D eigenvalue weighted by molar-refractivity contribution is 7.89. The first kappa shape index (κ1) is 19.4. The summed E-state index contributed by atoms with van der Waals surface area (Å²) in [6, 6.07) is 1.81. The van der Waals surface area contributed by atoms with E-state index in [-0.39, 0.29) is 47.7 Å². The fourth-order valence-corrected chi connectivity index (χ4v) is 5.63. The highest BCUT2D eigenvalue weighted by atomic mass is 32.2. The van der Waals surface area contributed by atoms with Crippen LogP contribution in [0.4, 0.5) is 13.2 Å². The summed E-state index contributed by atoms with van der Waals surface area (Å²) in [5.41, 5.74) is -0.771. The molecule has 2 aromatic rings. The zero-order valence-electron chi connectivity index (χ0n) is 14.8. The molecule has 12 heteroatoms. The number of aryl methyl sites for hydroxylation is 1. The number of aromatic nitrogens is 1. The molecule has 2 unspecified atom stereocenters. The van der Waals surface area contributed by atoms with Gasteiger partial charge in [0.25, 0.3) is 0 Å². The maximum atomic E-state index is 13.1. The number of alkyl halides is 3. The van der Waals surface area contributed by atoms with Gasteiger partial charge >= 0.3 is 6.18 Å². The van der Waals surface area contributed by atoms with Gasteiger partial charge in [-0.2, -0.15) is 17.5 Å². The van der Waals surface area contributed by atoms with Crippen molar-refractivity contribution < 1.29 is 35.6 Å². The van der Waals surface area contributed by atoms with E-state index < -0.39 is 27.4 Å². The SMILES string of the molecule is Cc1oc(-c2cc(C(F)(F)F)on2)cc1S(=O)(=O)N1CC2CNCC2(CO)C1. The van der Waals surface area contributed by atoms with E-state index in [1.807, 2.05) is 0 Å². The number of nitrogens with zero attached hydrogens (tertiary/aromatic N) is 2. The van der Waals surface area contributed by atoms with Gasteiger partial charge in [0.15, 0.2) is 5.76 Å².